The van der Waals surface area contributed by atoms with Crippen molar-refractivity contribution in [3.05, 3.63) is 63.9 Å². The van der Waals surface area contributed by atoms with E-state index in [4.69, 9.17) is 28.9 Å². The summed E-state index contributed by atoms with van der Waals surface area (Å²) in [7, 11) is -2.97. The molecule has 1 aliphatic heterocycles. The van der Waals surface area contributed by atoms with Crippen molar-refractivity contribution in [3.8, 4) is 17.1 Å². The van der Waals surface area contributed by atoms with E-state index in [-0.39, 0.29) is 17.5 Å². The first-order chi connectivity index (χ1) is 15.3. The quantitative estimate of drug-likeness (QED) is 0.441. The van der Waals surface area contributed by atoms with E-state index in [2.05, 4.69) is 24.0 Å². The van der Waals surface area contributed by atoms with Crippen LogP contribution in [0.5, 0.6) is 0 Å². The van der Waals surface area contributed by atoms with Gasteiger partial charge in [-0.3, -0.25) is 9.47 Å². The van der Waals surface area contributed by atoms with Crippen LogP contribution in [0, 0.1) is 11.7 Å². The van der Waals surface area contributed by atoms with Gasteiger partial charge in [-0.25, -0.2) is 13.1 Å². The summed E-state index contributed by atoms with van der Waals surface area (Å²) in [6.07, 6.45) is 1.57. The minimum absolute atomic E-state index is 0.00893. The highest BCUT2D eigenvalue weighted by Gasteiger charge is 2.32. The second kappa shape index (κ2) is 9.47. The third kappa shape index (κ3) is 4.98. The lowest BCUT2D eigenvalue weighted by Crippen LogP contribution is -2.38. The van der Waals surface area contributed by atoms with Crippen molar-refractivity contribution in [1.29, 1.82) is 0 Å². The highest BCUT2D eigenvalue weighted by Crippen LogP contribution is 2.25. The van der Waals surface area contributed by atoms with Gasteiger partial charge in [0.15, 0.2) is 15.7 Å². The second-order valence-electron chi connectivity index (χ2n) is 8.29. The largest absolute Gasteiger partial charge is 0.280 e. The molecule has 0 radical (unpaired) electrons. The number of sulfone groups is 1. The van der Waals surface area contributed by atoms with Crippen molar-refractivity contribution in [2.45, 2.75) is 39.4 Å². The minimum atomic E-state index is -2.97. The molecule has 1 atom stereocenters. The van der Waals surface area contributed by atoms with E-state index >= 15 is 0 Å². The molecule has 0 aliphatic carbocycles. The summed E-state index contributed by atoms with van der Waals surface area (Å²) in [5.74, 6) is 1.19. The lowest BCUT2D eigenvalue weighted by molar-refractivity contribution is 0.155. The molecule has 0 spiro atoms. The number of aromatic nitrogens is 3. The third-order valence-electron chi connectivity index (χ3n) is 5.79. The molecular weight excluding hydrogens is 464 g/mol. The van der Waals surface area contributed by atoms with Gasteiger partial charge in [-0.1, -0.05) is 48.4 Å². The molecule has 3 aromatic rings. The van der Waals surface area contributed by atoms with Crippen LogP contribution >= 0.6 is 23.8 Å². The summed E-state index contributed by atoms with van der Waals surface area (Å²) in [4.78, 5) is 2.19. The molecule has 170 valence electrons. The van der Waals surface area contributed by atoms with Gasteiger partial charge in [0, 0.05) is 16.6 Å². The molecule has 4 rings (SSSR count). The predicted octanol–water partition coefficient (Wildman–Crippen LogP) is 4.89. The zero-order valence-corrected chi connectivity index (χ0v) is 20.6. The normalized spacial score (nSPS) is 17.8. The fraction of sp³-hybridized carbons (Fsp3) is 0.391. The van der Waals surface area contributed by atoms with Crippen LogP contribution in [-0.4, -0.2) is 51.8 Å². The van der Waals surface area contributed by atoms with E-state index in [9.17, 15) is 8.42 Å². The van der Waals surface area contributed by atoms with Gasteiger partial charge in [-0.05, 0) is 62.8 Å². The van der Waals surface area contributed by atoms with Crippen LogP contribution in [0.2, 0.25) is 5.02 Å². The highest BCUT2D eigenvalue weighted by atomic mass is 35.5. The summed E-state index contributed by atoms with van der Waals surface area (Å²) in [5, 5.41) is 5.54. The monoisotopic (exact) mass is 490 g/mol. The SMILES string of the molecule is CCCN(Cn1nc(-c2ccc(C)cc2)n(-c2ccc(Cl)cc2)c1=S)[C@@H]1CCS(=O)(=O)C1. The highest BCUT2D eigenvalue weighted by molar-refractivity contribution is 7.91. The molecule has 6 nitrogen and oxygen atoms in total. The second-order valence-corrected chi connectivity index (χ2v) is 11.3. The van der Waals surface area contributed by atoms with E-state index in [1.54, 1.807) is 4.68 Å². The summed E-state index contributed by atoms with van der Waals surface area (Å²) < 4.78 is 28.5. The molecule has 2 heterocycles. The van der Waals surface area contributed by atoms with Crippen LogP contribution < -0.4 is 0 Å². The fourth-order valence-corrected chi connectivity index (χ4v) is 6.28. The Hall–Kier alpha value is -2.00. The summed E-state index contributed by atoms with van der Waals surface area (Å²) in [6.45, 7) is 5.38. The first kappa shape index (κ1) is 23.2. The number of nitrogens with zero attached hydrogens (tertiary/aromatic N) is 4. The van der Waals surface area contributed by atoms with Crippen molar-refractivity contribution in [1.82, 2.24) is 19.2 Å². The topological polar surface area (TPSA) is 60.1 Å². The molecule has 32 heavy (non-hydrogen) atoms. The molecule has 1 fully saturated rings. The molecular formula is C23H27ClN4O2S2. The Labute approximate surface area is 199 Å². The van der Waals surface area contributed by atoms with Crippen LogP contribution in [0.15, 0.2) is 48.5 Å². The predicted molar refractivity (Wildman–Crippen MR) is 132 cm³/mol. The van der Waals surface area contributed by atoms with Crippen LogP contribution in [0.4, 0.5) is 0 Å². The van der Waals surface area contributed by atoms with Crippen molar-refractivity contribution in [3.63, 3.8) is 0 Å². The van der Waals surface area contributed by atoms with Crippen LogP contribution in [-0.2, 0) is 16.5 Å². The molecule has 0 bridgehead atoms. The molecule has 0 N–H and O–H groups in total. The van der Waals surface area contributed by atoms with Crippen LogP contribution in [0.3, 0.4) is 0 Å². The van der Waals surface area contributed by atoms with E-state index < -0.39 is 9.84 Å². The van der Waals surface area contributed by atoms with E-state index in [0.717, 1.165) is 30.0 Å². The average molecular weight is 491 g/mol. The fourth-order valence-electron chi connectivity index (χ4n) is 4.10. The zero-order chi connectivity index (χ0) is 22.9. The van der Waals surface area contributed by atoms with Crippen LogP contribution in [0.25, 0.3) is 17.1 Å². The lowest BCUT2D eigenvalue weighted by atomic mass is 10.1. The zero-order valence-electron chi connectivity index (χ0n) is 18.2. The van der Waals surface area contributed by atoms with Crippen molar-refractivity contribution < 1.29 is 8.42 Å². The maximum atomic E-state index is 12.1. The molecule has 1 aromatic heterocycles. The Morgan fingerprint density at radius 1 is 1.16 bits per heavy atom. The Balaban J connectivity index is 1.77. The van der Waals surface area contributed by atoms with E-state index in [0.29, 0.717) is 22.9 Å². The van der Waals surface area contributed by atoms with E-state index in [1.807, 2.05) is 47.9 Å². The Kier molecular flexibility index (Phi) is 6.86. The third-order valence-corrected chi connectivity index (χ3v) is 8.18. The number of aryl methyl sites for hydroxylation is 1. The van der Waals surface area contributed by atoms with Crippen molar-refractivity contribution in [2.24, 2.45) is 0 Å². The van der Waals surface area contributed by atoms with Gasteiger partial charge in [0.2, 0.25) is 4.77 Å². The summed E-state index contributed by atoms with van der Waals surface area (Å²) in [5.41, 5.74) is 3.01. The van der Waals surface area contributed by atoms with Gasteiger partial charge >= 0.3 is 0 Å². The first-order valence-electron chi connectivity index (χ1n) is 10.7. The van der Waals surface area contributed by atoms with Gasteiger partial charge in [0.25, 0.3) is 0 Å². The van der Waals surface area contributed by atoms with E-state index in [1.165, 1.54) is 5.56 Å². The molecule has 0 unspecified atom stereocenters. The molecule has 0 amide bonds. The van der Waals surface area contributed by atoms with Gasteiger partial charge in [-0.2, -0.15) is 0 Å². The van der Waals surface area contributed by atoms with Crippen molar-refractivity contribution >= 4 is 33.7 Å². The number of rotatable bonds is 7. The van der Waals surface area contributed by atoms with Gasteiger partial charge in [0.05, 0.1) is 23.9 Å². The maximum Gasteiger partial charge on any atom is 0.204 e. The summed E-state index contributed by atoms with van der Waals surface area (Å²) >= 11 is 12.0. The summed E-state index contributed by atoms with van der Waals surface area (Å²) in [6, 6.07) is 15.7. The number of hydrogen-bond acceptors (Lipinski definition) is 5. The minimum Gasteiger partial charge on any atom is -0.280 e. The lowest BCUT2D eigenvalue weighted by Gasteiger charge is -2.27. The maximum absolute atomic E-state index is 12.1. The molecule has 9 heteroatoms. The molecule has 0 saturated carbocycles. The van der Waals surface area contributed by atoms with Gasteiger partial charge < -0.3 is 0 Å². The Morgan fingerprint density at radius 3 is 2.44 bits per heavy atom. The number of halogens is 1. The Morgan fingerprint density at radius 2 is 1.84 bits per heavy atom. The van der Waals surface area contributed by atoms with Crippen LogP contribution in [0.1, 0.15) is 25.3 Å². The number of benzene rings is 2. The first-order valence-corrected chi connectivity index (χ1v) is 13.4. The van der Waals surface area contributed by atoms with Gasteiger partial charge in [0.1, 0.15) is 0 Å². The molecule has 1 saturated heterocycles. The Bertz CT molecular complexity index is 1250. The number of hydrogen-bond donors (Lipinski definition) is 0. The smallest absolute Gasteiger partial charge is 0.204 e. The van der Waals surface area contributed by atoms with Gasteiger partial charge in [-0.15, -0.1) is 5.10 Å². The molecule has 1 aliphatic rings. The van der Waals surface area contributed by atoms with Crippen molar-refractivity contribution in [2.75, 3.05) is 18.1 Å². The average Bonchev–Trinajstić information content (AvgIpc) is 3.28. The standard InChI is InChI=1S/C23H27ClN4O2S2/c1-3-13-26(21-12-14-32(29,30)15-21)16-27-23(31)28(20-10-8-19(24)9-11-20)22(25-27)18-6-4-17(2)5-7-18/h4-11,21H,3,12-16H2,1-2H3/t21-/m1/s1. The molecule has 2 aromatic carbocycles.